The van der Waals surface area contributed by atoms with Crippen molar-refractivity contribution in [2.45, 2.75) is 16.8 Å². The minimum atomic E-state index is -0.953. The molecule has 2 rings (SSSR count). The summed E-state index contributed by atoms with van der Waals surface area (Å²) in [5.41, 5.74) is 1.24. The van der Waals surface area contributed by atoms with E-state index in [2.05, 4.69) is 26.1 Å². The first-order valence-electron chi connectivity index (χ1n) is 5.06. The lowest BCUT2D eigenvalue weighted by Crippen LogP contribution is -1.99. The van der Waals surface area contributed by atoms with E-state index < -0.39 is 5.97 Å². The summed E-state index contributed by atoms with van der Waals surface area (Å²) in [6.45, 7) is 1.91. The highest BCUT2D eigenvalue weighted by Crippen LogP contribution is 2.31. The molecule has 0 saturated carbocycles. The lowest BCUT2D eigenvalue weighted by molar-refractivity contribution is 0.0693. The van der Waals surface area contributed by atoms with Gasteiger partial charge in [-0.1, -0.05) is 27.7 Å². The Hall–Kier alpha value is -1.40. The van der Waals surface area contributed by atoms with Crippen molar-refractivity contribution in [3.8, 4) is 0 Å². The molecule has 0 atom stereocenters. The van der Waals surface area contributed by atoms with Crippen molar-refractivity contribution in [1.29, 1.82) is 0 Å². The van der Waals surface area contributed by atoms with Gasteiger partial charge in [0.1, 0.15) is 5.03 Å². The average molecular weight is 325 g/mol. The number of benzene rings is 1. The number of aryl methyl sites for hydroxylation is 1. The molecule has 6 heteroatoms. The number of rotatable bonds is 3. The number of carbonyl (C=O) groups is 1. The Morgan fingerprint density at radius 1 is 1.39 bits per heavy atom. The zero-order valence-corrected chi connectivity index (χ0v) is 11.8. The van der Waals surface area contributed by atoms with Crippen LogP contribution in [0, 0.1) is 6.92 Å². The van der Waals surface area contributed by atoms with Gasteiger partial charge in [-0.2, -0.15) is 5.10 Å². The molecule has 0 unspecified atom stereocenters. The third-order valence-electron chi connectivity index (χ3n) is 2.16. The van der Waals surface area contributed by atoms with Crippen LogP contribution in [0.15, 0.2) is 44.9 Å². The van der Waals surface area contributed by atoms with E-state index in [1.807, 2.05) is 13.0 Å². The van der Waals surface area contributed by atoms with E-state index >= 15 is 0 Å². The molecular weight excluding hydrogens is 316 g/mol. The molecule has 4 nitrogen and oxygen atoms in total. The van der Waals surface area contributed by atoms with Crippen LogP contribution in [0.5, 0.6) is 0 Å². The molecule has 0 aliphatic heterocycles. The van der Waals surface area contributed by atoms with Crippen molar-refractivity contribution in [3.63, 3.8) is 0 Å². The van der Waals surface area contributed by atoms with Gasteiger partial charge in [0.25, 0.3) is 0 Å². The zero-order valence-electron chi connectivity index (χ0n) is 9.42. The molecule has 0 fully saturated rings. The second-order valence-electron chi connectivity index (χ2n) is 3.62. The number of carboxylic acids is 1. The lowest BCUT2D eigenvalue weighted by atomic mass is 10.2. The average Bonchev–Trinajstić information content (AvgIpc) is 2.28. The van der Waals surface area contributed by atoms with Gasteiger partial charge in [-0.15, -0.1) is 5.10 Å². The fraction of sp³-hybridized carbons (Fsp3) is 0.0833. The highest BCUT2D eigenvalue weighted by atomic mass is 79.9. The van der Waals surface area contributed by atoms with Crippen LogP contribution in [0.4, 0.5) is 0 Å². The Morgan fingerprint density at radius 3 is 2.83 bits per heavy atom. The number of aromatic carboxylic acids is 1. The van der Waals surface area contributed by atoms with Gasteiger partial charge < -0.3 is 5.11 Å². The third kappa shape index (κ3) is 3.08. The Bertz CT molecular complexity index is 604. The molecule has 1 N–H and O–H groups in total. The van der Waals surface area contributed by atoms with E-state index in [0.29, 0.717) is 9.92 Å². The van der Waals surface area contributed by atoms with Crippen LogP contribution in [-0.4, -0.2) is 21.3 Å². The second-order valence-corrected chi connectivity index (χ2v) is 5.60. The number of aromatic nitrogens is 2. The van der Waals surface area contributed by atoms with Crippen LogP contribution in [0.2, 0.25) is 0 Å². The molecule has 0 aliphatic carbocycles. The molecule has 1 aromatic carbocycles. The van der Waals surface area contributed by atoms with Gasteiger partial charge in [-0.05, 0) is 36.8 Å². The fourth-order valence-corrected chi connectivity index (χ4v) is 2.88. The first kappa shape index (κ1) is 13.0. The maximum absolute atomic E-state index is 11.1. The van der Waals surface area contributed by atoms with Crippen LogP contribution in [0.3, 0.4) is 0 Å². The summed E-state index contributed by atoms with van der Waals surface area (Å²) in [4.78, 5) is 11.8. The van der Waals surface area contributed by atoms with Crippen LogP contribution in [-0.2, 0) is 0 Å². The van der Waals surface area contributed by atoms with E-state index in [4.69, 9.17) is 5.11 Å². The van der Waals surface area contributed by atoms with Gasteiger partial charge >= 0.3 is 5.97 Å². The van der Waals surface area contributed by atoms with Crippen molar-refractivity contribution in [3.05, 3.63) is 46.1 Å². The number of carboxylic acid groups (broad SMARTS) is 1. The fourth-order valence-electron chi connectivity index (χ4n) is 1.36. The topological polar surface area (TPSA) is 63.1 Å². The van der Waals surface area contributed by atoms with Gasteiger partial charge in [-0.25, -0.2) is 4.79 Å². The second kappa shape index (κ2) is 5.49. The van der Waals surface area contributed by atoms with Crippen molar-refractivity contribution >= 4 is 33.7 Å². The molecule has 0 spiro atoms. The number of hydrogen-bond donors (Lipinski definition) is 1. The van der Waals surface area contributed by atoms with E-state index in [9.17, 15) is 4.79 Å². The Labute approximate surface area is 117 Å². The number of halogens is 1. The van der Waals surface area contributed by atoms with Gasteiger partial charge in [0.15, 0.2) is 0 Å². The standard InChI is InChI=1S/C12H9BrN2O2S/c1-7-4-11(15-14-6-7)18-10-5-8(13)2-3-9(10)12(16)17/h2-6H,1H3,(H,16,17). The highest BCUT2D eigenvalue weighted by molar-refractivity contribution is 9.10. The van der Waals surface area contributed by atoms with Gasteiger partial charge in [-0.3, -0.25) is 0 Å². The van der Waals surface area contributed by atoms with Crippen LogP contribution in [0.25, 0.3) is 0 Å². The molecule has 0 amide bonds. The van der Waals surface area contributed by atoms with Gasteiger partial charge in [0.2, 0.25) is 0 Å². The summed E-state index contributed by atoms with van der Waals surface area (Å²) >= 11 is 4.62. The Balaban J connectivity index is 2.39. The molecule has 2 aromatic rings. The van der Waals surface area contributed by atoms with E-state index in [1.54, 1.807) is 24.4 Å². The summed E-state index contributed by atoms with van der Waals surface area (Å²) < 4.78 is 0.829. The third-order valence-corrected chi connectivity index (χ3v) is 3.62. The van der Waals surface area contributed by atoms with E-state index in [-0.39, 0.29) is 5.56 Å². The zero-order chi connectivity index (χ0) is 13.1. The smallest absolute Gasteiger partial charge is 0.336 e. The lowest BCUT2D eigenvalue weighted by Gasteiger charge is -2.05. The summed E-state index contributed by atoms with van der Waals surface area (Å²) in [5, 5.41) is 17.6. The monoisotopic (exact) mass is 324 g/mol. The van der Waals surface area contributed by atoms with Gasteiger partial charge in [0, 0.05) is 9.37 Å². The minimum Gasteiger partial charge on any atom is -0.478 e. The SMILES string of the molecule is Cc1cnnc(Sc2cc(Br)ccc2C(=O)O)c1. The predicted molar refractivity (Wildman–Crippen MR) is 72.0 cm³/mol. The molecule has 0 bridgehead atoms. The van der Waals surface area contributed by atoms with E-state index in [0.717, 1.165) is 10.0 Å². The van der Waals surface area contributed by atoms with Gasteiger partial charge in [0.05, 0.1) is 11.8 Å². The molecule has 0 saturated heterocycles. The largest absolute Gasteiger partial charge is 0.478 e. The molecule has 0 radical (unpaired) electrons. The molecule has 0 aliphatic rings. The minimum absolute atomic E-state index is 0.256. The van der Waals surface area contributed by atoms with Crippen molar-refractivity contribution in [1.82, 2.24) is 10.2 Å². The van der Waals surface area contributed by atoms with Crippen LogP contribution < -0.4 is 0 Å². The highest BCUT2D eigenvalue weighted by Gasteiger charge is 2.12. The number of hydrogen-bond acceptors (Lipinski definition) is 4. The maximum atomic E-state index is 11.1. The first-order chi connectivity index (χ1) is 8.56. The van der Waals surface area contributed by atoms with Crippen molar-refractivity contribution in [2.24, 2.45) is 0 Å². The summed E-state index contributed by atoms with van der Waals surface area (Å²) in [6.07, 6.45) is 1.66. The maximum Gasteiger partial charge on any atom is 0.336 e. The molecule has 18 heavy (non-hydrogen) atoms. The molecule has 1 aromatic heterocycles. The number of nitrogens with zero attached hydrogens (tertiary/aromatic N) is 2. The van der Waals surface area contributed by atoms with E-state index in [1.165, 1.54) is 11.8 Å². The molecule has 1 heterocycles. The predicted octanol–water partition coefficient (Wildman–Crippen LogP) is 3.40. The summed E-state index contributed by atoms with van der Waals surface area (Å²) in [6, 6.07) is 6.90. The summed E-state index contributed by atoms with van der Waals surface area (Å²) in [7, 11) is 0. The molecular formula is C12H9BrN2O2S. The quantitative estimate of drug-likeness (QED) is 0.937. The summed E-state index contributed by atoms with van der Waals surface area (Å²) in [5.74, 6) is -0.953. The van der Waals surface area contributed by atoms with Crippen molar-refractivity contribution < 1.29 is 9.90 Å². The Kier molecular flexibility index (Phi) is 3.98. The van der Waals surface area contributed by atoms with Crippen LogP contribution >= 0.6 is 27.7 Å². The normalized spacial score (nSPS) is 10.3. The first-order valence-corrected chi connectivity index (χ1v) is 6.67. The molecule has 92 valence electrons. The van der Waals surface area contributed by atoms with Crippen LogP contribution in [0.1, 0.15) is 15.9 Å². The Morgan fingerprint density at radius 2 is 2.17 bits per heavy atom. The van der Waals surface area contributed by atoms with Crippen molar-refractivity contribution in [2.75, 3.05) is 0 Å².